The lowest BCUT2D eigenvalue weighted by Crippen LogP contribution is -2.02. The van der Waals surface area contributed by atoms with Gasteiger partial charge in [0.05, 0.1) is 34.6 Å². The fourth-order valence-electron chi connectivity index (χ4n) is 1.40. The zero-order valence-corrected chi connectivity index (χ0v) is 10.0. The Morgan fingerprint density at radius 2 is 2.35 bits per heavy atom. The van der Waals surface area contributed by atoms with Crippen molar-refractivity contribution in [3.8, 4) is 6.07 Å². The molecule has 0 radical (unpaired) electrons. The largest absolute Gasteiger partial charge is 0.377 e. The van der Waals surface area contributed by atoms with E-state index in [9.17, 15) is 4.39 Å². The fraction of sp³-hybridized carbons (Fsp3) is 0.167. The molecule has 0 fully saturated rings. The van der Waals surface area contributed by atoms with Gasteiger partial charge in [0.15, 0.2) is 0 Å². The van der Waals surface area contributed by atoms with Crippen molar-refractivity contribution in [2.45, 2.75) is 13.5 Å². The van der Waals surface area contributed by atoms with Crippen LogP contribution in [0.25, 0.3) is 0 Å². The van der Waals surface area contributed by atoms with E-state index in [4.69, 9.17) is 5.26 Å². The summed E-state index contributed by atoms with van der Waals surface area (Å²) in [5.74, 6) is -0.420. The minimum atomic E-state index is -0.420. The second-order valence-corrected chi connectivity index (χ2v) is 4.58. The van der Waals surface area contributed by atoms with Gasteiger partial charge in [-0.3, -0.25) is 0 Å². The van der Waals surface area contributed by atoms with Crippen LogP contribution in [0.3, 0.4) is 0 Å². The van der Waals surface area contributed by atoms with Crippen LogP contribution in [0.4, 0.5) is 10.1 Å². The standard InChI is InChI=1S/C12H10FN3S/c1-8-16-10(7-17-8)6-15-12-3-2-9(5-14)4-11(12)13/h2-4,7,15H,6H2,1H3. The van der Waals surface area contributed by atoms with Crippen LogP contribution in [-0.4, -0.2) is 4.98 Å². The van der Waals surface area contributed by atoms with Gasteiger partial charge in [0.1, 0.15) is 5.82 Å². The van der Waals surface area contributed by atoms with Crippen LogP contribution >= 0.6 is 11.3 Å². The first kappa shape index (κ1) is 11.6. The van der Waals surface area contributed by atoms with E-state index in [1.165, 1.54) is 6.07 Å². The monoisotopic (exact) mass is 247 g/mol. The summed E-state index contributed by atoms with van der Waals surface area (Å²) >= 11 is 1.56. The molecular weight excluding hydrogens is 237 g/mol. The van der Waals surface area contributed by atoms with E-state index >= 15 is 0 Å². The number of thiazole rings is 1. The minimum absolute atomic E-state index is 0.317. The molecule has 0 aliphatic carbocycles. The van der Waals surface area contributed by atoms with Gasteiger partial charge in [0.25, 0.3) is 0 Å². The fourth-order valence-corrected chi connectivity index (χ4v) is 2.02. The molecule has 2 rings (SSSR count). The van der Waals surface area contributed by atoms with Crippen molar-refractivity contribution in [1.29, 1.82) is 5.26 Å². The van der Waals surface area contributed by atoms with E-state index in [2.05, 4.69) is 10.3 Å². The molecule has 0 saturated heterocycles. The molecule has 0 aliphatic rings. The second kappa shape index (κ2) is 4.93. The van der Waals surface area contributed by atoms with Gasteiger partial charge >= 0.3 is 0 Å². The van der Waals surface area contributed by atoms with E-state index in [-0.39, 0.29) is 0 Å². The first-order valence-electron chi connectivity index (χ1n) is 5.03. The molecule has 0 unspecified atom stereocenters. The normalized spacial score (nSPS) is 9.94. The Morgan fingerprint density at radius 1 is 1.53 bits per heavy atom. The Kier molecular flexibility index (Phi) is 3.35. The highest BCUT2D eigenvalue weighted by atomic mass is 32.1. The predicted octanol–water partition coefficient (Wildman–Crippen LogP) is 3.07. The number of nitriles is 1. The van der Waals surface area contributed by atoms with E-state index < -0.39 is 5.82 Å². The first-order chi connectivity index (χ1) is 8.19. The Balaban J connectivity index is 2.07. The quantitative estimate of drug-likeness (QED) is 0.906. The van der Waals surface area contributed by atoms with Crippen LogP contribution in [-0.2, 0) is 6.54 Å². The highest BCUT2D eigenvalue weighted by Gasteiger charge is 2.04. The molecule has 86 valence electrons. The third-order valence-corrected chi connectivity index (χ3v) is 3.05. The molecule has 5 heteroatoms. The molecule has 0 saturated carbocycles. The van der Waals surface area contributed by atoms with Gasteiger partial charge in [-0.05, 0) is 25.1 Å². The number of nitrogens with zero attached hydrogens (tertiary/aromatic N) is 2. The van der Waals surface area contributed by atoms with Crippen molar-refractivity contribution in [1.82, 2.24) is 4.98 Å². The molecule has 17 heavy (non-hydrogen) atoms. The van der Waals surface area contributed by atoms with Crippen molar-refractivity contribution in [2.75, 3.05) is 5.32 Å². The van der Waals surface area contributed by atoms with E-state index in [0.717, 1.165) is 10.7 Å². The highest BCUT2D eigenvalue weighted by molar-refractivity contribution is 7.09. The number of hydrogen-bond donors (Lipinski definition) is 1. The van der Waals surface area contributed by atoms with Crippen molar-refractivity contribution in [3.63, 3.8) is 0 Å². The SMILES string of the molecule is Cc1nc(CNc2ccc(C#N)cc2F)cs1. The number of hydrogen-bond acceptors (Lipinski definition) is 4. The summed E-state index contributed by atoms with van der Waals surface area (Å²) in [6, 6.07) is 6.25. The molecular formula is C12H10FN3S. The van der Waals surface area contributed by atoms with Gasteiger partial charge in [-0.25, -0.2) is 9.37 Å². The molecule has 1 N–H and O–H groups in total. The summed E-state index contributed by atoms with van der Waals surface area (Å²) in [5, 5.41) is 14.5. The molecule has 1 aromatic heterocycles. The molecule has 0 amide bonds. The van der Waals surface area contributed by atoms with Crippen LogP contribution in [0.15, 0.2) is 23.6 Å². The lowest BCUT2D eigenvalue weighted by molar-refractivity contribution is 0.629. The summed E-state index contributed by atoms with van der Waals surface area (Å²) in [7, 11) is 0. The van der Waals surface area contributed by atoms with Crippen molar-refractivity contribution >= 4 is 17.0 Å². The smallest absolute Gasteiger partial charge is 0.147 e. The Morgan fingerprint density at radius 3 is 2.94 bits per heavy atom. The van der Waals surface area contributed by atoms with Crippen LogP contribution in [0.5, 0.6) is 0 Å². The molecule has 0 bridgehead atoms. The van der Waals surface area contributed by atoms with Crippen LogP contribution in [0.1, 0.15) is 16.3 Å². The zero-order valence-electron chi connectivity index (χ0n) is 9.20. The zero-order chi connectivity index (χ0) is 12.3. The van der Waals surface area contributed by atoms with Crippen molar-refractivity contribution < 1.29 is 4.39 Å². The Hall–Kier alpha value is -1.93. The van der Waals surface area contributed by atoms with E-state index in [0.29, 0.717) is 17.8 Å². The molecule has 0 spiro atoms. The number of halogens is 1. The number of nitrogens with one attached hydrogen (secondary N) is 1. The van der Waals surface area contributed by atoms with Crippen LogP contribution < -0.4 is 5.32 Å². The maximum Gasteiger partial charge on any atom is 0.147 e. The average molecular weight is 247 g/mol. The number of benzene rings is 1. The van der Waals surface area contributed by atoms with E-state index in [1.807, 2.05) is 18.4 Å². The van der Waals surface area contributed by atoms with Gasteiger partial charge in [0, 0.05) is 5.38 Å². The average Bonchev–Trinajstić information content (AvgIpc) is 2.73. The number of aryl methyl sites for hydroxylation is 1. The number of anilines is 1. The lowest BCUT2D eigenvalue weighted by Gasteiger charge is -2.05. The van der Waals surface area contributed by atoms with Crippen molar-refractivity contribution in [2.24, 2.45) is 0 Å². The molecule has 1 aromatic carbocycles. The Bertz CT molecular complexity index is 571. The predicted molar refractivity (Wildman–Crippen MR) is 65.3 cm³/mol. The lowest BCUT2D eigenvalue weighted by atomic mass is 10.2. The number of aromatic nitrogens is 1. The molecule has 1 heterocycles. The minimum Gasteiger partial charge on any atom is -0.377 e. The third kappa shape index (κ3) is 2.80. The summed E-state index contributed by atoms with van der Waals surface area (Å²) < 4.78 is 13.5. The Labute approximate surface area is 103 Å². The van der Waals surface area contributed by atoms with Crippen molar-refractivity contribution in [3.05, 3.63) is 45.7 Å². The van der Waals surface area contributed by atoms with Gasteiger partial charge < -0.3 is 5.32 Å². The topological polar surface area (TPSA) is 48.7 Å². The van der Waals surface area contributed by atoms with Gasteiger partial charge in [-0.2, -0.15) is 5.26 Å². The van der Waals surface area contributed by atoms with Gasteiger partial charge in [0.2, 0.25) is 0 Å². The summed E-state index contributed by atoms with van der Waals surface area (Å²) in [4.78, 5) is 4.27. The second-order valence-electron chi connectivity index (χ2n) is 3.52. The van der Waals surface area contributed by atoms with E-state index in [1.54, 1.807) is 23.5 Å². The van der Waals surface area contributed by atoms with Gasteiger partial charge in [-0.15, -0.1) is 11.3 Å². The first-order valence-corrected chi connectivity index (χ1v) is 5.91. The molecule has 3 nitrogen and oxygen atoms in total. The molecule has 0 atom stereocenters. The molecule has 2 aromatic rings. The van der Waals surface area contributed by atoms with Crippen LogP contribution in [0, 0.1) is 24.1 Å². The number of rotatable bonds is 3. The van der Waals surface area contributed by atoms with Gasteiger partial charge in [-0.1, -0.05) is 0 Å². The molecule has 0 aliphatic heterocycles. The van der Waals surface area contributed by atoms with Crippen LogP contribution in [0.2, 0.25) is 0 Å². The maximum atomic E-state index is 13.5. The summed E-state index contributed by atoms with van der Waals surface area (Å²) in [6.07, 6.45) is 0. The summed E-state index contributed by atoms with van der Waals surface area (Å²) in [6.45, 7) is 2.41. The maximum absolute atomic E-state index is 13.5. The summed E-state index contributed by atoms with van der Waals surface area (Å²) in [5.41, 5.74) is 1.59. The third-order valence-electron chi connectivity index (χ3n) is 2.22. The highest BCUT2D eigenvalue weighted by Crippen LogP contribution is 2.17.